The van der Waals surface area contributed by atoms with E-state index in [-0.39, 0.29) is 0 Å². The minimum atomic E-state index is 0.595. The predicted molar refractivity (Wildman–Crippen MR) is 90.0 cm³/mol. The molecule has 21 heavy (non-hydrogen) atoms. The molecule has 8 unspecified atom stereocenters. The molecule has 0 aromatic carbocycles. The summed E-state index contributed by atoms with van der Waals surface area (Å²) in [6.07, 6.45) is 13.3. The van der Waals surface area contributed by atoms with Gasteiger partial charge in [0, 0.05) is 11.8 Å². The first-order valence-electron chi connectivity index (χ1n) is 9.43. The largest absolute Gasteiger partial charge is 0.179 e. The smallest absolute Gasteiger partial charge is 0.0288 e. The van der Waals surface area contributed by atoms with Crippen LogP contribution < -0.4 is 0 Å². The highest BCUT2D eigenvalue weighted by molar-refractivity contribution is 7.80. The van der Waals surface area contributed by atoms with E-state index in [1.807, 2.05) is 0 Å². The highest BCUT2D eigenvalue weighted by Gasteiger charge is 2.60. The Morgan fingerprint density at radius 2 is 1.67 bits per heavy atom. The molecule has 0 nitrogen and oxygen atoms in total. The zero-order chi connectivity index (χ0) is 14.0. The Morgan fingerprint density at radius 3 is 2.43 bits per heavy atom. The molecule has 0 amide bonds. The molecule has 114 valence electrons. The van der Waals surface area contributed by atoms with Gasteiger partial charge in [-0.3, -0.25) is 0 Å². The van der Waals surface area contributed by atoms with E-state index < -0.39 is 0 Å². The Balaban J connectivity index is 1.44. The lowest BCUT2D eigenvalue weighted by molar-refractivity contribution is -0.0889. The van der Waals surface area contributed by atoms with Crippen molar-refractivity contribution in [3.63, 3.8) is 0 Å². The predicted octanol–water partition coefficient (Wildman–Crippen LogP) is 4.80. The topological polar surface area (TPSA) is 0 Å². The van der Waals surface area contributed by atoms with Gasteiger partial charge in [0.25, 0.3) is 0 Å². The van der Waals surface area contributed by atoms with Crippen molar-refractivity contribution >= 4 is 12.6 Å². The van der Waals surface area contributed by atoms with Crippen molar-refractivity contribution in [1.82, 2.24) is 0 Å². The lowest BCUT2D eigenvalue weighted by Crippen LogP contribution is -2.52. The van der Waals surface area contributed by atoms with Crippen molar-refractivity contribution in [2.45, 2.75) is 57.8 Å². The van der Waals surface area contributed by atoms with Crippen LogP contribution in [-0.2, 0) is 0 Å². The molecule has 7 rings (SSSR count). The molecule has 4 bridgehead atoms. The maximum Gasteiger partial charge on any atom is 0.0288 e. The number of hydrogen-bond donors (Lipinski definition) is 1. The minimum Gasteiger partial charge on any atom is -0.179 e. The van der Waals surface area contributed by atoms with Gasteiger partial charge in [0.1, 0.15) is 0 Å². The molecular formula is C20H28S. The van der Waals surface area contributed by atoms with E-state index in [0.717, 1.165) is 47.2 Å². The van der Waals surface area contributed by atoms with E-state index >= 15 is 0 Å². The van der Waals surface area contributed by atoms with Crippen LogP contribution in [0.4, 0.5) is 0 Å². The fourth-order valence-electron chi connectivity index (χ4n) is 7.40. The molecule has 0 saturated heterocycles. The van der Waals surface area contributed by atoms with Crippen molar-refractivity contribution in [3.8, 4) is 11.8 Å². The molecule has 5 saturated carbocycles. The van der Waals surface area contributed by atoms with Crippen molar-refractivity contribution in [3.05, 3.63) is 0 Å². The molecule has 7 aliphatic carbocycles. The Bertz CT molecular complexity index is 500. The number of fused-ring (bicyclic) bond motifs is 1. The molecule has 0 aromatic rings. The van der Waals surface area contributed by atoms with Gasteiger partial charge in [-0.15, -0.1) is 0 Å². The van der Waals surface area contributed by atoms with Gasteiger partial charge >= 0.3 is 0 Å². The third kappa shape index (κ3) is 1.78. The van der Waals surface area contributed by atoms with Gasteiger partial charge in [-0.1, -0.05) is 24.7 Å². The highest BCUT2D eigenvalue weighted by atomic mass is 32.1. The molecule has 0 N–H and O–H groups in total. The first-order valence-corrected chi connectivity index (χ1v) is 10.1. The summed E-state index contributed by atoms with van der Waals surface area (Å²) in [6.45, 7) is 0. The summed E-state index contributed by atoms with van der Waals surface area (Å²) in [6, 6.07) is 0. The average molecular weight is 301 g/mol. The molecule has 0 heterocycles. The first-order chi connectivity index (χ1) is 10.3. The van der Waals surface area contributed by atoms with E-state index in [0.29, 0.717) is 5.41 Å². The summed E-state index contributed by atoms with van der Waals surface area (Å²) in [5.74, 6) is 15.3. The Kier molecular flexibility index (Phi) is 2.99. The van der Waals surface area contributed by atoms with E-state index in [2.05, 4.69) is 24.5 Å². The normalized spacial score (nSPS) is 56.3. The van der Waals surface area contributed by atoms with Gasteiger partial charge in [0.2, 0.25) is 0 Å². The molecule has 1 heteroatoms. The maximum absolute atomic E-state index is 4.56. The minimum absolute atomic E-state index is 0.595. The van der Waals surface area contributed by atoms with Gasteiger partial charge in [0.05, 0.1) is 0 Å². The van der Waals surface area contributed by atoms with Gasteiger partial charge < -0.3 is 0 Å². The third-order valence-corrected chi connectivity index (χ3v) is 8.39. The van der Waals surface area contributed by atoms with Gasteiger partial charge in [-0.25, -0.2) is 0 Å². The van der Waals surface area contributed by atoms with Crippen LogP contribution in [0.1, 0.15) is 57.8 Å². The van der Waals surface area contributed by atoms with E-state index in [1.165, 1.54) is 44.9 Å². The van der Waals surface area contributed by atoms with Crippen LogP contribution in [0, 0.1) is 58.7 Å². The van der Waals surface area contributed by atoms with Gasteiger partial charge in [-0.2, -0.15) is 12.6 Å². The SMILES string of the molecule is SCCC12CC3C#CC1C(CC1C4CCCCC4C1C3)C2. The zero-order valence-electron chi connectivity index (χ0n) is 13.1. The molecular weight excluding hydrogens is 272 g/mol. The third-order valence-electron chi connectivity index (χ3n) is 8.16. The summed E-state index contributed by atoms with van der Waals surface area (Å²) in [5.41, 5.74) is 0.595. The van der Waals surface area contributed by atoms with E-state index in [1.54, 1.807) is 12.8 Å². The zero-order valence-corrected chi connectivity index (χ0v) is 14.0. The van der Waals surface area contributed by atoms with Crippen molar-refractivity contribution < 1.29 is 0 Å². The monoisotopic (exact) mass is 300 g/mol. The summed E-state index contributed by atoms with van der Waals surface area (Å²) >= 11 is 4.56. The highest BCUT2D eigenvalue weighted by Crippen LogP contribution is 2.67. The average Bonchev–Trinajstić information content (AvgIpc) is 2.58. The number of rotatable bonds is 2. The molecule has 0 spiro atoms. The van der Waals surface area contributed by atoms with Gasteiger partial charge in [-0.05, 0) is 85.7 Å². The summed E-state index contributed by atoms with van der Waals surface area (Å²) < 4.78 is 0. The molecule has 0 aromatic heterocycles. The Morgan fingerprint density at radius 1 is 0.905 bits per heavy atom. The van der Waals surface area contributed by atoms with E-state index in [4.69, 9.17) is 0 Å². The summed E-state index contributed by atoms with van der Waals surface area (Å²) in [5, 5.41) is 0. The van der Waals surface area contributed by atoms with Crippen LogP contribution in [0.3, 0.4) is 0 Å². The van der Waals surface area contributed by atoms with E-state index in [9.17, 15) is 0 Å². The van der Waals surface area contributed by atoms with Crippen molar-refractivity contribution in [2.75, 3.05) is 5.75 Å². The van der Waals surface area contributed by atoms with Crippen LogP contribution in [0.25, 0.3) is 0 Å². The molecule has 5 fully saturated rings. The Hall–Kier alpha value is -0.0900. The molecule has 7 aliphatic rings. The summed E-state index contributed by atoms with van der Waals surface area (Å²) in [4.78, 5) is 0. The lowest BCUT2D eigenvalue weighted by atomic mass is 9.46. The fourth-order valence-corrected chi connectivity index (χ4v) is 7.84. The first kappa shape index (κ1) is 13.4. The standard InChI is InChI=1S/C20H28S/c21-8-7-20-11-13-5-6-19(20)14(12-20)10-18-16-4-2-1-3-15(16)17(18)9-13/h13-19,21H,1-4,7-12H2. The van der Waals surface area contributed by atoms with Crippen LogP contribution in [0.15, 0.2) is 0 Å². The van der Waals surface area contributed by atoms with Crippen LogP contribution >= 0.6 is 12.6 Å². The number of thiol groups is 1. The Labute approximate surface area is 135 Å². The second-order valence-electron chi connectivity index (χ2n) is 8.88. The second-order valence-corrected chi connectivity index (χ2v) is 9.33. The lowest BCUT2D eigenvalue weighted by Gasteiger charge is -2.58. The molecule has 0 radical (unpaired) electrons. The van der Waals surface area contributed by atoms with Crippen LogP contribution in [-0.4, -0.2) is 5.75 Å². The van der Waals surface area contributed by atoms with Crippen LogP contribution in [0.5, 0.6) is 0 Å². The van der Waals surface area contributed by atoms with Gasteiger partial charge in [0.15, 0.2) is 0 Å². The van der Waals surface area contributed by atoms with Crippen molar-refractivity contribution in [1.29, 1.82) is 0 Å². The quantitative estimate of drug-likeness (QED) is 0.550. The fraction of sp³-hybridized carbons (Fsp3) is 0.900. The molecule has 8 atom stereocenters. The second kappa shape index (κ2) is 4.70. The van der Waals surface area contributed by atoms with Crippen molar-refractivity contribution in [2.24, 2.45) is 46.8 Å². The molecule has 0 aliphatic heterocycles. The summed E-state index contributed by atoms with van der Waals surface area (Å²) in [7, 11) is 0. The maximum atomic E-state index is 4.56. The number of hydrogen-bond acceptors (Lipinski definition) is 1. The van der Waals surface area contributed by atoms with Crippen LogP contribution in [0.2, 0.25) is 0 Å².